The van der Waals surface area contributed by atoms with E-state index < -0.39 is 24.9 Å². The van der Waals surface area contributed by atoms with E-state index in [4.69, 9.17) is 5.73 Å². The lowest BCUT2D eigenvalue weighted by atomic mass is 10.3. The molecule has 0 aliphatic rings. The van der Waals surface area contributed by atoms with Gasteiger partial charge in [-0.15, -0.1) is 23.7 Å². The van der Waals surface area contributed by atoms with Gasteiger partial charge in [0, 0.05) is 5.38 Å². The van der Waals surface area contributed by atoms with E-state index in [1.54, 1.807) is 11.4 Å². The summed E-state index contributed by atoms with van der Waals surface area (Å²) in [7, 11) is 0. The Hall–Kier alpha value is -0.240. The zero-order valence-corrected chi connectivity index (χ0v) is 11.2. The van der Waals surface area contributed by atoms with E-state index in [0.29, 0.717) is 5.56 Å². The molecule has 0 bridgehead atoms. The number of hydrogen-bond acceptors (Lipinski definition) is 3. The first-order chi connectivity index (χ1) is 6.94. The van der Waals surface area contributed by atoms with Gasteiger partial charge in [0.2, 0.25) is 0 Å². The minimum absolute atomic E-state index is 0. The Morgan fingerprint density at radius 2 is 2.25 bits per heavy atom. The largest absolute Gasteiger partial charge is 0.346 e. The number of thiophene rings is 1. The summed E-state index contributed by atoms with van der Waals surface area (Å²) in [5.74, 6) is -3.58. The zero-order valence-electron chi connectivity index (χ0n) is 8.00. The van der Waals surface area contributed by atoms with Crippen molar-refractivity contribution in [3.8, 4) is 0 Å². The van der Waals surface area contributed by atoms with Crippen LogP contribution in [0, 0.1) is 0 Å². The molecule has 16 heavy (non-hydrogen) atoms. The normalized spacial score (nSPS) is 10.8. The Morgan fingerprint density at radius 1 is 1.62 bits per heavy atom. The molecule has 0 fully saturated rings. The second-order valence-electron chi connectivity index (χ2n) is 2.88. The lowest BCUT2D eigenvalue weighted by Gasteiger charge is -2.13. The summed E-state index contributed by atoms with van der Waals surface area (Å²) in [6.45, 7) is -1.52. The molecule has 0 aliphatic carbocycles. The molecule has 3 nitrogen and oxygen atoms in total. The van der Waals surface area contributed by atoms with Crippen molar-refractivity contribution >= 4 is 45.6 Å². The number of carbonyl (C=O) groups is 1. The molecule has 0 unspecified atom stereocenters. The first-order valence-corrected chi connectivity index (χ1v) is 5.72. The van der Waals surface area contributed by atoms with Gasteiger partial charge in [-0.05, 0) is 22.0 Å². The summed E-state index contributed by atoms with van der Waals surface area (Å²) in [6, 6.07) is 1.57. The average molecular weight is 336 g/mol. The van der Waals surface area contributed by atoms with Crippen molar-refractivity contribution in [1.29, 1.82) is 0 Å². The lowest BCUT2D eigenvalue weighted by Crippen LogP contribution is -2.41. The second kappa shape index (κ2) is 6.48. The minimum atomic E-state index is -3.05. The molecule has 3 N–H and O–H groups in total. The van der Waals surface area contributed by atoms with E-state index in [1.165, 1.54) is 11.3 Å². The molecular weight excluding hydrogens is 326 g/mol. The van der Waals surface area contributed by atoms with Crippen LogP contribution >= 0.6 is 39.7 Å². The Bertz CT molecular complexity index is 362. The van der Waals surface area contributed by atoms with Crippen molar-refractivity contribution in [2.24, 2.45) is 5.73 Å². The highest BCUT2D eigenvalue weighted by molar-refractivity contribution is 9.11. The quantitative estimate of drug-likeness (QED) is 0.887. The third kappa shape index (κ3) is 4.73. The molecule has 1 aromatic heterocycles. The molecule has 92 valence electrons. The van der Waals surface area contributed by atoms with E-state index in [2.05, 4.69) is 21.2 Å². The van der Waals surface area contributed by atoms with Gasteiger partial charge in [-0.3, -0.25) is 4.79 Å². The Morgan fingerprint density at radius 3 is 2.69 bits per heavy atom. The van der Waals surface area contributed by atoms with Gasteiger partial charge >= 0.3 is 0 Å². The number of halogens is 4. The van der Waals surface area contributed by atoms with Gasteiger partial charge < -0.3 is 11.1 Å². The summed E-state index contributed by atoms with van der Waals surface area (Å²) in [4.78, 5) is 11.3. The van der Waals surface area contributed by atoms with E-state index in [-0.39, 0.29) is 12.4 Å². The molecule has 0 saturated heterocycles. The van der Waals surface area contributed by atoms with Crippen LogP contribution < -0.4 is 11.1 Å². The van der Waals surface area contributed by atoms with E-state index in [1.807, 2.05) is 0 Å². The van der Waals surface area contributed by atoms with Crippen LogP contribution in [0.25, 0.3) is 0 Å². The van der Waals surface area contributed by atoms with Crippen LogP contribution in [-0.4, -0.2) is 24.9 Å². The fourth-order valence-corrected chi connectivity index (χ4v) is 1.95. The lowest BCUT2D eigenvalue weighted by molar-refractivity contribution is 0.0119. The monoisotopic (exact) mass is 334 g/mol. The third-order valence-corrected chi connectivity index (χ3v) is 3.14. The molecule has 0 saturated carbocycles. The molecule has 8 heteroatoms. The number of hydrogen-bond donors (Lipinski definition) is 2. The number of alkyl halides is 2. The molecule has 0 spiro atoms. The van der Waals surface area contributed by atoms with Crippen molar-refractivity contribution in [2.75, 3.05) is 13.1 Å². The Balaban J connectivity index is 0.00000225. The van der Waals surface area contributed by atoms with Gasteiger partial charge in [-0.1, -0.05) is 0 Å². The highest BCUT2D eigenvalue weighted by atomic mass is 79.9. The highest BCUT2D eigenvalue weighted by Gasteiger charge is 2.27. The standard InChI is InChI=1S/C8H9BrF2N2OS.ClH/c9-6-1-5(2-15-6)7(14)13-4-8(10,11)3-12;/h1-2H,3-4,12H2,(H,13,14);1H. The number of nitrogens with two attached hydrogens (primary N) is 1. The van der Waals surface area contributed by atoms with Crippen molar-refractivity contribution in [2.45, 2.75) is 5.92 Å². The van der Waals surface area contributed by atoms with Crippen LogP contribution in [0.1, 0.15) is 10.4 Å². The maximum atomic E-state index is 12.7. The van der Waals surface area contributed by atoms with Crippen LogP contribution in [-0.2, 0) is 0 Å². The van der Waals surface area contributed by atoms with Gasteiger partial charge in [0.25, 0.3) is 11.8 Å². The molecular formula is C8H10BrClF2N2OS. The minimum Gasteiger partial charge on any atom is -0.346 e. The predicted molar refractivity (Wildman–Crippen MR) is 65.6 cm³/mol. The number of rotatable bonds is 4. The fraction of sp³-hybridized carbons (Fsp3) is 0.375. The molecule has 0 radical (unpaired) electrons. The first kappa shape index (κ1) is 15.8. The zero-order chi connectivity index (χ0) is 11.5. The smallest absolute Gasteiger partial charge is 0.277 e. The first-order valence-electron chi connectivity index (χ1n) is 4.05. The number of nitrogens with one attached hydrogen (secondary N) is 1. The third-order valence-electron chi connectivity index (χ3n) is 1.64. The maximum Gasteiger partial charge on any atom is 0.277 e. The van der Waals surface area contributed by atoms with E-state index >= 15 is 0 Å². The van der Waals surface area contributed by atoms with Crippen LogP contribution in [0.4, 0.5) is 8.78 Å². The van der Waals surface area contributed by atoms with Crippen molar-refractivity contribution in [3.05, 3.63) is 20.8 Å². The van der Waals surface area contributed by atoms with Crippen molar-refractivity contribution in [3.63, 3.8) is 0 Å². The molecule has 1 amide bonds. The maximum absolute atomic E-state index is 12.7. The van der Waals surface area contributed by atoms with Gasteiger partial charge in [0.1, 0.15) is 0 Å². The van der Waals surface area contributed by atoms with Crippen LogP contribution in [0.2, 0.25) is 0 Å². The number of carbonyl (C=O) groups excluding carboxylic acids is 1. The van der Waals surface area contributed by atoms with Crippen molar-refractivity contribution < 1.29 is 13.6 Å². The molecule has 1 aromatic rings. The summed E-state index contributed by atoms with van der Waals surface area (Å²) in [5, 5.41) is 3.70. The van der Waals surface area contributed by atoms with Crippen LogP contribution in [0.5, 0.6) is 0 Å². The fourth-order valence-electron chi connectivity index (χ4n) is 0.813. The number of amides is 1. The highest BCUT2D eigenvalue weighted by Crippen LogP contribution is 2.20. The summed E-state index contributed by atoms with van der Waals surface area (Å²) in [6.07, 6.45) is 0. The predicted octanol–water partition coefficient (Wildman–Crippen LogP) is 2.26. The summed E-state index contributed by atoms with van der Waals surface area (Å²) in [5.41, 5.74) is 5.19. The topological polar surface area (TPSA) is 55.1 Å². The molecule has 0 atom stereocenters. The average Bonchev–Trinajstić information content (AvgIpc) is 2.61. The van der Waals surface area contributed by atoms with E-state index in [0.717, 1.165) is 3.79 Å². The summed E-state index contributed by atoms with van der Waals surface area (Å²) < 4.78 is 26.2. The van der Waals surface area contributed by atoms with Gasteiger partial charge in [-0.2, -0.15) is 0 Å². The summed E-state index contributed by atoms with van der Waals surface area (Å²) >= 11 is 4.49. The van der Waals surface area contributed by atoms with E-state index in [9.17, 15) is 13.6 Å². The molecule has 0 aromatic carbocycles. The Kier molecular flexibility index (Phi) is 6.39. The van der Waals surface area contributed by atoms with Gasteiger partial charge in [0.15, 0.2) is 0 Å². The van der Waals surface area contributed by atoms with Crippen LogP contribution in [0.15, 0.2) is 15.2 Å². The second-order valence-corrected chi connectivity index (χ2v) is 5.17. The van der Waals surface area contributed by atoms with Gasteiger partial charge in [0.05, 0.1) is 22.4 Å². The molecule has 0 aliphatic heterocycles. The molecule has 1 heterocycles. The Labute approximate surface area is 110 Å². The SMILES string of the molecule is Cl.NCC(F)(F)CNC(=O)c1csc(Br)c1. The molecule has 1 rings (SSSR count). The van der Waals surface area contributed by atoms with Crippen molar-refractivity contribution in [1.82, 2.24) is 5.32 Å². The van der Waals surface area contributed by atoms with Gasteiger partial charge in [-0.25, -0.2) is 8.78 Å². The van der Waals surface area contributed by atoms with Crippen LogP contribution in [0.3, 0.4) is 0 Å².